The van der Waals surface area contributed by atoms with E-state index in [9.17, 15) is 5.11 Å². The molecular formula is C53H49N3O2. The second-order valence-corrected chi connectivity index (χ2v) is 17.9. The molecule has 1 N–H and O–H groups in total. The maximum Gasteiger partial charge on any atom is 0.149 e. The van der Waals surface area contributed by atoms with Gasteiger partial charge in [-0.25, -0.2) is 4.98 Å². The Morgan fingerprint density at radius 2 is 1.28 bits per heavy atom. The van der Waals surface area contributed by atoms with Gasteiger partial charge in [0.2, 0.25) is 0 Å². The summed E-state index contributed by atoms with van der Waals surface area (Å²) in [6.45, 7) is 17.6. The largest absolute Gasteiger partial charge is 0.507 e. The lowest BCUT2D eigenvalue weighted by Gasteiger charge is -2.28. The third-order valence-corrected chi connectivity index (χ3v) is 11.4. The first-order valence-corrected chi connectivity index (χ1v) is 20.2. The molecule has 5 nitrogen and oxygen atoms in total. The number of phenols is 1. The minimum absolute atomic E-state index is 0.171. The Balaban J connectivity index is 1.35. The number of aromatic hydroxyl groups is 1. The van der Waals surface area contributed by atoms with E-state index in [-0.39, 0.29) is 22.5 Å². The molecule has 0 aliphatic carbocycles. The van der Waals surface area contributed by atoms with Crippen LogP contribution < -0.4 is 0 Å². The molecule has 3 aromatic heterocycles. The average molecular weight is 760 g/mol. The van der Waals surface area contributed by atoms with Gasteiger partial charge < -0.3 is 9.52 Å². The molecule has 9 aromatic rings. The zero-order valence-electron chi connectivity index (χ0n) is 34.6. The van der Waals surface area contributed by atoms with Crippen molar-refractivity contribution in [2.75, 3.05) is 0 Å². The predicted octanol–water partition coefficient (Wildman–Crippen LogP) is 14.4. The Kier molecular flexibility index (Phi) is 8.89. The molecule has 0 amide bonds. The van der Waals surface area contributed by atoms with Crippen molar-refractivity contribution in [2.45, 2.75) is 72.1 Å². The molecule has 58 heavy (non-hydrogen) atoms. The fourth-order valence-corrected chi connectivity index (χ4v) is 8.23. The summed E-state index contributed by atoms with van der Waals surface area (Å²) in [6, 6.07) is 46.6. The highest BCUT2D eigenvalue weighted by molar-refractivity contribution is 6.18. The molecule has 0 bridgehead atoms. The zero-order valence-corrected chi connectivity index (χ0v) is 34.6. The van der Waals surface area contributed by atoms with Crippen molar-refractivity contribution < 1.29 is 9.52 Å². The number of hydrogen-bond donors (Lipinski definition) is 1. The number of pyridine rings is 1. The number of rotatable bonds is 6. The van der Waals surface area contributed by atoms with E-state index >= 15 is 0 Å². The first-order valence-electron chi connectivity index (χ1n) is 20.2. The Bertz CT molecular complexity index is 2990. The van der Waals surface area contributed by atoms with Crippen molar-refractivity contribution in [3.8, 4) is 56.3 Å². The van der Waals surface area contributed by atoms with E-state index in [1.165, 1.54) is 11.1 Å². The molecular weight excluding hydrogens is 711 g/mol. The number of aromatic nitrogens is 3. The van der Waals surface area contributed by atoms with Gasteiger partial charge in [-0.15, -0.1) is 0 Å². The average Bonchev–Trinajstić information content (AvgIpc) is 3.79. The molecule has 288 valence electrons. The van der Waals surface area contributed by atoms with Crippen molar-refractivity contribution in [2.24, 2.45) is 0 Å². The summed E-state index contributed by atoms with van der Waals surface area (Å²) in [7, 11) is 0. The first kappa shape index (κ1) is 37.1. The number of furan rings is 1. The monoisotopic (exact) mass is 759 g/mol. The molecule has 0 unspecified atom stereocenters. The van der Waals surface area contributed by atoms with E-state index in [2.05, 4.69) is 181 Å². The smallest absolute Gasteiger partial charge is 0.149 e. The summed E-state index contributed by atoms with van der Waals surface area (Å²) >= 11 is 0. The minimum Gasteiger partial charge on any atom is -0.507 e. The van der Waals surface area contributed by atoms with Crippen molar-refractivity contribution in [3.63, 3.8) is 0 Å². The van der Waals surface area contributed by atoms with E-state index in [1.54, 1.807) is 0 Å². The second kappa shape index (κ2) is 13.9. The van der Waals surface area contributed by atoms with Gasteiger partial charge in [-0.05, 0) is 111 Å². The molecule has 3 heterocycles. The summed E-state index contributed by atoms with van der Waals surface area (Å²) in [4.78, 5) is 10.4. The van der Waals surface area contributed by atoms with Crippen LogP contribution in [0.1, 0.15) is 78.0 Å². The molecule has 6 aromatic carbocycles. The van der Waals surface area contributed by atoms with Crippen LogP contribution in [0.2, 0.25) is 0 Å². The fourth-order valence-electron chi connectivity index (χ4n) is 8.23. The van der Waals surface area contributed by atoms with Crippen LogP contribution in [0.15, 0.2) is 144 Å². The van der Waals surface area contributed by atoms with Crippen LogP contribution in [0.3, 0.4) is 0 Å². The number of phenolic OH excluding ortho intramolecular Hbond substituents is 1. The molecule has 0 aliphatic rings. The quantitative estimate of drug-likeness (QED) is 0.183. The van der Waals surface area contributed by atoms with E-state index in [0.717, 1.165) is 77.7 Å². The van der Waals surface area contributed by atoms with Crippen LogP contribution in [0, 0.1) is 0 Å². The van der Waals surface area contributed by atoms with Gasteiger partial charge in [-0.3, -0.25) is 9.55 Å². The number of imidazole rings is 1. The highest BCUT2D eigenvalue weighted by Crippen LogP contribution is 2.46. The summed E-state index contributed by atoms with van der Waals surface area (Å²) < 4.78 is 8.83. The maximum atomic E-state index is 12.4. The Labute approximate surface area is 340 Å². The van der Waals surface area contributed by atoms with Crippen LogP contribution in [-0.4, -0.2) is 19.6 Å². The summed E-state index contributed by atoms with van der Waals surface area (Å²) in [5.74, 6) is 1.14. The lowest BCUT2D eigenvalue weighted by molar-refractivity contribution is 0.446. The summed E-state index contributed by atoms with van der Waals surface area (Å²) in [5.41, 5.74) is 14.2. The third kappa shape index (κ3) is 6.45. The second-order valence-electron chi connectivity index (χ2n) is 17.9. The van der Waals surface area contributed by atoms with Crippen LogP contribution in [0.4, 0.5) is 0 Å². The maximum absolute atomic E-state index is 12.4. The normalized spacial score (nSPS) is 12.4. The van der Waals surface area contributed by atoms with Crippen molar-refractivity contribution in [1.29, 1.82) is 0 Å². The molecule has 5 heteroatoms. The topological polar surface area (TPSA) is 64.1 Å². The van der Waals surface area contributed by atoms with Crippen LogP contribution in [-0.2, 0) is 10.8 Å². The number of fused-ring (bicyclic) bond motifs is 5. The molecule has 0 spiro atoms. The molecule has 0 fully saturated rings. The van der Waals surface area contributed by atoms with Gasteiger partial charge in [-0.2, -0.15) is 0 Å². The SMILES string of the molecule is CC(C)c1cc(-c2ccccc2)ccc1-n1c(-c2cc(C(C)(C)C)cc(C(C)(C)C)c2O)nc2c3c(ccc21)oc1ccc(-c2cc(-c4ccccc4)ccn2)cc13. The number of hydrogen-bond acceptors (Lipinski definition) is 4. The van der Waals surface area contributed by atoms with Crippen LogP contribution in [0.25, 0.3) is 83.6 Å². The van der Waals surface area contributed by atoms with Gasteiger partial charge >= 0.3 is 0 Å². The van der Waals surface area contributed by atoms with E-state index in [0.29, 0.717) is 11.4 Å². The molecule has 0 saturated heterocycles. The minimum atomic E-state index is -0.312. The molecule has 0 aliphatic heterocycles. The van der Waals surface area contributed by atoms with Crippen LogP contribution >= 0.6 is 0 Å². The van der Waals surface area contributed by atoms with Gasteiger partial charge in [-0.1, -0.05) is 128 Å². The van der Waals surface area contributed by atoms with Crippen molar-refractivity contribution in [1.82, 2.24) is 14.5 Å². The Morgan fingerprint density at radius 3 is 1.93 bits per heavy atom. The standard InChI is InChI=1S/C53H49N3O2/c1-32(2)39-27-35(33-15-11-9-12-16-33)19-21-44(39)56-45-22-24-47-48(49(45)55-51(56)41-30-38(52(3,4)5)31-42(50(41)57)53(6,7)8)40-28-37(20-23-46(40)58-47)43-29-36(25-26-54-43)34-17-13-10-14-18-34/h9-32,57H,1-8H3. The van der Waals surface area contributed by atoms with Gasteiger partial charge in [0.1, 0.15) is 28.3 Å². The Morgan fingerprint density at radius 1 is 0.621 bits per heavy atom. The van der Waals surface area contributed by atoms with Crippen molar-refractivity contribution >= 4 is 33.0 Å². The molecule has 0 radical (unpaired) electrons. The molecule has 0 atom stereocenters. The van der Waals surface area contributed by atoms with Gasteiger partial charge in [0, 0.05) is 22.7 Å². The Hall–Kier alpha value is -6.46. The zero-order chi connectivity index (χ0) is 40.5. The lowest BCUT2D eigenvalue weighted by Crippen LogP contribution is -2.17. The third-order valence-electron chi connectivity index (χ3n) is 11.4. The highest BCUT2D eigenvalue weighted by Gasteiger charge is 2.29. The summed E-state index contributed by atoms with van der Waals surface area (Å²) in [5, 5.41) is 14.3. The highest BCUT2D eigenvalue weighted by atomic mass is 16.3. The van der Waals surface area contributed by atoms with E-state index in [4.69, 9.17) is 14.4 Å². The van der Waals surface area contributed by atoms with Gasteiger partial charge in [0.15, 0.2) is 0 Å². The molecule has 9 rings (SSSR count). The predicted molar refractivity (Wildman–Crippen MR) is 241 cm³/mol. The fraction of sp³-hybridized carbons (Fsp3) is 0.208. The van der Waals surface area contributed by atoms with Crippen LogP contribution in [0.5, 0.6) is 5.75 Å². The number of benzene rings is 6. The molecule has 0 saturated carbocycles. The number of nitrogens with zero attached hydrogens (tertiary/aromatic N) is 3. The lowest BCUT2D eigenvalue weighted by atomic mass is 9.79. The summed E-state index contributed by atoms with van der Waals surface area (Å²) in [6.07, 6.45) is 1.88. The van der Waals surface area contributed by atoms with Crippen molar-refractivity contribution in [3.05, 3.63) is 156 Å². The van der Waals surface area contributed by atoms with E-state index < -0.39 is 0 Å². The van der Waals surface area contributed by atoms with Gasteiger partial charge in [0.25, 0.3) is 0 Å². The van der Waals surface area contributed by atoms with E-state index in [1.807, 2.05) is 18.3 Å². The van der Waals surface area contributed by atoms with Gasteiger partial charge in [0.05, 0.1) is 27.8 Å². The first-order chi connectivity index (χ1) is 27.8.